The Labute approximate surface area is 362 Å². The van der Waals surface area contributed by atoms with Gasteiger partial charge in [0.2, 0.25) is 0 Å². The Balaban J connectivity index is 1.12. The predicted octanol–water partition coefficient (Wildman–Crippen LogP) is 16.7. The Bertz CT molecular complexity index is 3300. The average Bonchev–Trinajstić information content (AvgIpc) is 3.89. The quantitative estimate of drug-likeness (QED) is 0.145. The molecular weight excluding hydrogens is 781 g/mol. The van der Waals surface area contributed by atoms with E-state index in [4.69, 9.17) is 0 Å². The SMILES string of the molecule is N#Cc1cccc2sc3cc(N(c4ccccc4)c4ccc5c(c4)sc4ccc(N(c6ccccc6)c6ccccc6)cc45)cc(N(c4ccccc4)c4ccccc4)c3c12. The largest absolute Gasteiger partial charge is 0.310 e. The maximum Gasteiger partial charge on any atom is 0.0998 e. The van der Waals surface area contributed by atoms with Gasteiger partial charge < -0.3 is 14.7 Å². The average molecular weight is 817 g/mol. The fourth-order valence-corrected chi connectivity index (χ4v) is 10.9. The molecule has 0 unspecified atom stereocenters. The Hall–Kier alpha value is -7.69. The summed E-state index contributed by atoms with van der Waals surface area (Å²) in [5, 5.41) is 14.9. The van der Waals surface area contributed by atoms with Crippen LogP contribution in [0.2, 0.25) is 0 Å². The third-order valence-electron chi connectivity index (χ3n) is 11.2. The molecule has 0 amide bonds. The summed E-state index contributed by atoms with van der Waals surface area (Å²) in [6, 6.07) is 79.7. The Kier molecular flexibility index (Phi) is 9.24. The number of fused-ring (bicyclic) bond motifs is 6. The molecule has 9 aromatic carbocycles. The van der Waals surface area contributed by atoms with Gasteiger partial charge in [0.05, 0.1) is 17.3 Å². The molecule has 4 nitrogen and oxygen atoms in total. The van der Waals surface area contributed by atoms with E-state index in [0.717, 1.165) is 71.4 Å². The summed E-state index contributed by atoms with van der Waals surface area (Å²) in [5.74, 6) is 0. The molecule has 11 rings (SSSR count). The lowest BCUT2D eigenvalue weighted by Crippen LogP contribution is -2.13. The maximum absolute atomic E-state index is 10.4. The van der Waals surface area contributed by atoms with Gasteiger partial charge in [0.25, 0.3) is 0 Å². The number of para-hydroxylation sites is 5. The third kappa shape index (κ3) is 6.54. The Morgan fingerprint density at radius 2 is 0.787 bits per heavy atom. The van der Waals surface area contributed by atoms with Crippen LogP contribution in [0, 0.1) is 11.3 Å². The van der Waals surface area contributed by atoms with Gasteiger partial charge >= 0.3 is 0 Å². The number of hydrogen-bond donors (Lipinski definition) is 0. The number of benzene rings is 9. The molecule has 0 atom stereocenters. The fourth-order valence-electron chi connectivity index (χ4n) is 8.55. The van der Waals surface area contributed by atoms with Crippen molar-refractivity contribution in [3.63, 3.8) is 0 Å². The first kappa shape index (κ1) is 36.4. The van der Waals surface area contributed by atoms with Gasteiger partial charge in [0.1, 0.15) is 0 Å². The van der Waals surface area contributed by atoms with Gasteiger partial charge in [-0.1, -0.05) is 103 Å². The van der Waals surface area contributed by atoms with E-state index < -0.39 is 0 Å². The lowest BCUT2D eigenvalue weighted by atomic mass is 10.0. The zero-order valence-corrected chi connectivity index (χ0v) is 34.5. The molecular formula is C55H36N4S2. The molecule has 0 bridgehead atoms. The monoisotopic (exact) mass is 816 g/mol. The van der Waals surface area contributed by atoms with Gasteiger partial charge in [0, 0.05) is 85.8 Å². The minimum Gasteiger partial charge on any atom is -0.310 e. The molecule has 288 valence electrons. The third-order valence-corrected chi connectivity index (χ3v) is 13.4. The lowest BCUT2D eigenvalue weighted by Gasteiger charge is -2.30. The number of thiophene rings is 2. The summed E-state index contributed by atoms with van der Waals surface area (Å²) >= 11 is 3.56. The molecule has 0 aliphatic rings. The highest BCUT2D eigenvalue weighted by Gasteiger charge is 2.24. The van der Waals surface area contributed by atoms with E-state index in [1.54, 1.807) is 11.3 Å². The number of rotatable bonds is 9. The molecule has 0 saturated heterocycles. The van der Waals surface area contributed by atoms with Crippen LogP contribution >= 0.6 is 22.7 Å². The molecule has 0 aliphatic carbocycles. The second-order valence-corrected chi connectivity index (χ2v) is 17.0. The molecule has 6 heteroatoms. The highest BCUT2D eigenvalue weighted by Crippen LogP contribution is 2.50. The van der Waals surface area contributed by atoms with Crippen molar-refractivity contribution in [2.75, 3.05) is 14.7 Å². The van der Waals surface area contributed by atoms with Crippen molar-refractivity contribution in [3.8, 4) is 6.07 Å². The van der Waals surface area contributed by atoms with Crippen molar-refractivity contribution < 1.29 is 0 Å². The molecule has 2 aromatic heterocycles. The molecule has 0 spiro atoms. The molecule has 0 N–H and O–H groups in total. The zero-order chi connectivity index (χ0) is 40.7. The summed E-state index contributed by atoms with van der Waals surface area (Å²) in [6.07, 6.45) is 0. The Morgan fingerprint density at radius 1 is 0.311 bits per heavy atom. The van der Waals surface area contributed by atoms with Gasteiger partial charge in [-0.3, -0.25) is 0 Å². The van der Waals surface area contributed by atoms with Gasteiger partial charge in [0.15, 0.2) is 0 Å². The first-order valence-electron chi connectivity index (χ1n) is 20.2. The van der Waals surface area contributed by atoms with E-state index in [-0.39, 0.29) is 0 Å². The molecule has 61 heavy (non-hydrogen) atoms. The highest BCUT2D eigenvalue weighted by molar-refractivity contribution is 7.26. The highest BCUT2D eigenvalue weighted by atomic mass is 32.1. The first-order chi connectivity index (χ1) is 30.2. The van der Waals surface area contributed by atoms with Crippen molar-refractivity contribution in [2.24, 2.45) is 0 Å². The van der Waals surface area contributed by atoms with Crippen LogP contribution in [0.5, 0.6) is 0 Å². The van der Waals surface area contributed by atoms with Gasteiger partial charge in [-0.25, -0.2) is 0 Å². The standard InChI is InChI=1S/C55H36N4S2/c56-37-38-17-16-28-51-54(38)55-49(59(42-24-12-4-13-25-42)43-26-14-5-15-27-43)34-46(36-53(55)61-51)58(41-22-10-3-11-23-41)45-29-31-47-48-33-44(30-32-50(48)60-52(47)35-45)57(39-18-6-1-7-19-39)40-20-8-2-9-21-40/h1-36H. The van der Waals surface area contributed by atoms with Gasteiger partial charge in [-0.2, -0.15) is 5.26 Å². The van der Waals surface area contributed by atoms with Crippen molar-refractivity contribution in [2.45, 2.75) is 0 Å². The number of hydrogen-bond acceptors (Lipinski definition) is 6. The van der Waals surface area contributed by atoms with E-state index in [9.17, 15) is 5.26 Å². The fraction of sp³-hybridized carbons (Fsp3) is 0. The van der Waals surface area contributed by atoms with Crippen LogP contribution in [0.4, 0.5) is 51.2 Å². The van der Waals surface area contributed by atoms with E-state index in [1.165, 1.54) is 20.2 Å². The second-order valence-electron chi connectivity index (χ2n) is 14.9. The number of nitrogens with zero attached hydrogens (tertiary/aromatic N) is 4. The van der Waals surface area contributed by atoms with Crippen LogP contribution in [0.1, 0.15) is 5.56 Å². The second kappa shape index (κ2) is 15.5. The van der Waals surface area contributed by atoms with Crippen molar-refractivity contribution in [1.82, 2.24) is 0 Å². The molecule has 2 heterocycles. The van der Waals surface area contributed by atoms with Crippen molar-refractivity contribution in [1.29, 1.82) is 5.26 Å². The van der Waals surface area contributed by atoms with Crippen LogP contribution in [0.15, 0.2) is 218 Å². The van der Waals surface area contributed by atoms with Crippen molar-refractivity contribution >= 4 is 114 Å². The first-order valence-corrected chi connectivity index (χ1v) is 21.9. The molecule has 0 fully saturated rings. The topological polar surface area (TPSA) is 33.5 Å². The van der Waals surface area contributed by atoms with Gasteiger partial charge in [-0.15, -0.1) is 22.7 Å². The lowest BCUT2D eigenvalue weighted by molar-refractivity contribution is 1.27. The molecule has 0 aliphatic heterocycles. The normalized spacial score (nSPS) is 11.3. The van der Waals surface area contributed by atoms with Crippen LogP contribution in [-0.2, 0) is 0 Å². The molecule has 0 saturated carbocycles. The smallest absolute Gasteiger partial charge is 0.0998 e. The summed E-state index contributed by atoms with van der Waals surface area (Å²) in [5.41, 5.74) is 10.3. The van der Waals surface area contributed by atoms with Crippen LogP contribution in [0.25, 0.3) is 40.3 Å². The van der Waals surface area contributed by atoms with E-state index in [1.807, 2.05) is 23.5 Å². The van der Waals surface area contributed by atoms with Crippen molar-refractivity contribution in [3.05, 3.63) is 224 Å². The minimum atomic E-state index is 0.674. The zero-order valence-electron chi connectivity index (χ0n) is 32.9. The van der Waals surface area contributed by atoms with Crippen LogP contribution in [-0.4, -0.2) is 0 Å². The molecule has 0 radical (unpaired) electrons. The predicted molar refractivity (Wildman–Crippen MR) is 261 cm³/mol. The number of anilines is 9. The van der Waals surface area contributed by atoms with E-state index in [2.05, 4.69) is 227 Å². The van der Waals surface area contributed by atoms with Gasteiger partial charge in [-0.05, 0) is 115 Å². The summed E-state index contributed by atoms with van der Waals surface area (Å²) in [6.45, 7) is 0. The Morgan fingerprint density at radius 3 is 1.34 bits per heavy atom. The maximum atomic E-state index is 10.4. The summed E-state index contributed by atoms with van der Waals surface area (Å²) in [7, 11) is 0. The van der Waals surface area contributed by atoms with Crippen LogP contribution < -0.4 is 14.7 Å². The molecule has 11 aromatic rings. The van der Waals surface area contributed by atoms with E-state index >= 15 is 0 Å². The summed E-state index contributed by atoms with van der Waals surface area (Å²) < 4.78 is 4.66. The summed E-state index contributed by atoms with van der Waals surface area (Å²) in [4.78, 5) is 7.02. The minimum absolute atomic E-state index is 0.674. The van der Waals surface area contributed by atoms with E-state index in [0.29, 0.717) is 5.56 Å². The number of nitriles is 1. The van der Waals surface area contributed by atoms with Crippen LogP contribution in [0.3, 0.4) is 0 Å².